The Balaban J connectivity index is 0.00000306. The Kier molecular flexibility index (Phi) is 8.11. The first-order chi connectivity index (χ1) is 15.6. The molecule has 2 aromatic carbocycles. The Morgan fingerprint density at radius 3 is 2.45 bits per heavy atom. The van der Waals surface area contributed by atoms with Crippen molar-refractivity contribution in [2.45, 2.75) is 26.3 Å². The molecule has 4 aromatic rings. The lowest BCUT2D eigenvalue weighted by Crippen LogP contribution is -2.14. The van der Waals surface area contributed by atoms with Gasteiger partial charge in [0, 0.05) is 30.6 Å². The van der Waals surface area contributed by atoms with E-state index in [9.17, 15) is 4.79 Å². The first kappa shape index (κ1) is 23.9. The summed E-state index contributed by atoms with van der Waals surface area (Å²) >= 11 is 0. The molecule has 2 aromatic heterocycles. The van der Waals surface area contributed by atoms with Gasteiger partial charge in [0.2, 0.25) is 5.95 Å². The first-order valence-electron chi connectivity index (χ1n) is 10.6. The molecule has 0 aliphatic rings. The average Bonchev–Trinajstić information content (AvgIpc) is 3.27. The van der Waals surface area contributed by atoms with Crippen molar-refractivity contribution < 1.29 is 4.79 Å². The van der Waals surface area contributed by atoms with E-state index in [0.717, 1.165) is 16.7 Å². The summed E-state index contributed by atoms with van der Waals surface area (Å²) in [5.41, 5.74) is 4.07. The minimum atomic E-state index is -0.283. The summed E-state index contributed by atoms with van der Waals surface area (Å²) in [6.07, 6.45) is 6.63. The molecule has 0 radical (unpaired) electrons. The number of carbonyl (C=O) groups excluding carboxylic acids is 1. The topological polar surface area (TPSA) is 72.7 Å². The maximum atomic E-state index is 12.9. The Hall–Kier alpha value is -3.77. The molecule has 7 heteroatoms. The largest absolute Gasteiger partial charge is 0.350 e. The van der Waals surface area contributed by atoms with Gasteiger partial charge in [-0.2, -0.15) is 9.67 Å². The third kappa shape index (κ3) is 6.14. The van der Waals surface area contributed by atoms with Crippen LogP contribution < -0.4 is 5.32 Å². The van der Waals surface area contributed by atoms with E-state index in [1.165, 1.54) is 16.3 Å². The third-order valence-electron chi connectivity index (χ3n) is 5.05. The van der Waals surface area contributed by atoms with E-state index in [2.05, 4.69) is 58.5 Å². The van der Waals surface area contributed by atoms with Crippen LogP contribution in [0.2, 0.25) is 0 Å². The summed E-state index contributed by atoms with van der Waals surface area (Å²) < 4.78 is 1.30. The van der Waals surface area contributed by atoms with E-state index in [1.54, 1.807) is 18.5 Å². The van der Waals surface area contributed by atoms with Crippen molar-refractivity contribution in [2.24, 2.45) is 0 Å². The van der Waals surface area contributed by atoms with Gasteiger partial charge in [0.1, 0.15) is 0 Å². The molecule has 0 spiro atoms. The van der Waals surface area contributed by atoms with Crippen molar-refractivity contribution in [3.63, 3.8) is 0 Å². The van der Waals surface area contributed by atoms with Crippen LogP contribution >= 0.6 is 12.4 Å². The molecule has 0 aliphatic heterocycles. The predicted octanol–water partition coefficient (Wildman–Crippen LogP) is 5.85. The van der Waals surface area contributed by atoms with Crippen molar-refractivity contribution >= 4 is 30.3 Å². The van der Waals surface area contributed by atoms with Gasteiger partial charge in [-0.25, -0.2) is 0 Å². The monoisotopic (exact) mass is 459 g/mol. The van der Waals surface area contributed by atoms with Gasteiger partial charge in [-0.05, 0) is 40.8 Å². The van der Waals surface area contributed by atoms with Crippen LogP contribution in [0.4, 0.5) is 5.95 Å². The fraction of sp³-hybridized carbons (Fsp3) is 0.154. The third-order valence-corrected chi connectivity index (χ3v) is 5.05. The molecule has 0 saturated carbocycles. The van der Waals surface area contributed by atoms with Crippen molar-refractivity contribution in [3.8, 4) is 11.4 Å². The Labute approximate surface area is 199 Å². The van der Waals surface area contributed by atoms with Crippen molar-refractivity contribution in [3.05, 3.63) is 102 Å². The maximum Gasteiger partial charge on any atom is 0.274 e. The number of carbonyl (C=O) groups is 1. The van der Waals surface area contributed by atoms with Gasteiger partial charge in [0.15, 0.2) is 5.82 Å². The van der Waals surface area contributed by atoms with Crippen molar-refractivity contribution in [1.29, 1.82) is 0 Å². The quantitative estimate of drug-likeness (QED) is 0.351. The van der Waals surface area contributed by atoms with Crippen LogP contribution in [0.5, 0.6) is 0 Å². The maximum absolute atomic E-state index is 12.9. The minimum absolute atomic E-state index is 0. The van der Waals surface area contributed by atoms with E-state index >= 15 is 0 Å². The highest BCUT2D eigenvalue weighted by molar-refractivity contribution is 5.94. The zero-order chi connectivity index (χ0) is 22.3. The molecule has 168 valence electrons. The molecular weight excluding hydrogens is 434 g/mol. The molecule has 0 aliphatic carbocycles. The molecule has 0 unspecified atom stereocenters. The van der Waals surface area contributed by atoms with Crippen molar-refractivity contribution in [1.82, 2.24) is 19.7 Å². The van der Waals surface area contributed by atoms with Crippen molar-refractivity contribution in [2.75, 3.05) is 5.32 Å². The Morgan fingerprint density at radius 2 is 1.79 bits per heavy atom. The number of rotatable bonds is 7. The summed E-state index contributed by atoms with van der Waals surface area (Å²) in [5, 5.41) is 7.71. The number of benzene rings is 2. The summed E-state index contributed by atoms with van der Waals surface area (Å²) in [6.45, 7) is 4.87. The van der Waals surface area contributed by atoms with Gasteiger partial charge in [0.05, 0.1) is 0 Å². The molecular formula is C26H26ClN5O. The second kappa shape index (κ2) is 11.2. The van der Waals surface area contributed by atoms with E-state index in [0.29, 0.717) is 24.2 Å². The SMILES string of the molecule is CC(C)c1ccc(CNc2nc(-c3cccnc3)nn2C(=O)/C=C/c2ccccc2)cc1.Cl. The number of allylic oxidation sites excluding steroid dienone is 1. The summed E-state index contributed by atoms with van der Waals surface area (Å²) in [4.78, 5) is 21.6. The molecule has 0 fully saturated rings. The molecule has 2 heterocycles. The Bertz CT molecular complexity index is 1200. The van der Waals surface area contributed by atoms with E-state index < -0.39 is 0 Å². The van der Waals surface area contributed by atoms with Gasteiger partial charge in [-0.1, -0.05) is 68.4 Å². The standard InChI is InChI=1S/C26H25N5O.ClH/c1-19(2)22-13-10-21(11-14-22)17-28-26-29-25(23-9-6-16-27-18-23)30-31(26)24(32)15-12-20-7-4-3-5-8-20;/h3-16,18-19H,17H2,1-2H3,(H,28,29,30);1H/b15-12+;. The number of hydrogen-bond acceptors (Lipinski definition) is 5. The molecule has 6 nitrogen and oxygen atoms in total. The fourth-order valence-electron chi connectivity index (χ4n) is 3.20. The zero-order valence-corrected chi connectivity index (χ0v) is 19.4. The smallest absolute Gasteiger partial charge is 0.274 e. The summed E-state index contributed by atoms with van der Waals surface area (Å²) in [7, 11) is 0. The highest BCUT2D eigenvalue weighted by Crippen LogP contribution is 2.19. The first-order valence-corrected chi connectivity index (χ1v) is 10.6. The average molecular weight is 460 g/mol. The van der Waals surface area contributed by atoms with Crippen LogP contribution in [0.1, 0.15) is 41.3 Å². The zero-order valence-electron chi connectivity index (χ0n) is 18.6. The lowest BCUT2D eigenvalue weighted by molar-refractivity contribution is 0.0957. The molecule has 0 atom stereocenters. The molecule has 33 heavy (non-hydrogen) atoms. The minimum Gasteiger partial charge on any atom is -0.350 e. The van der Waals surface area contributed by atoms with Crippen LogP contribution in [0.3, 0.4) is 0 Å². The second-order valence-electron chi connectivity index (χ2n) is 7.74. The molecule has 1 N–H and O–H groups in total. The van der Waals surface area contributed by atoms with Gasteiger partial charge >= 0.3 is 0 Å². The number of nitrogens with one attached hydrogen (secondary N) is 1. The van der Waals surface area contributed by atoms with Crippen LogP contribution in [0.15, 0.2) is 85.2 Å². The predicted molar refractivity (Wildman–Crippen MR) is 134 cm³/mol. The number of anilines is 1. The van der Waals surface area contributed by atoms with Gasteiger partial charge in [-0.15, -0.1) is 17.5 Å². The van der Waals surface area contributed by atoms with Gasteiger partial charge < -0.3 is 5.32 Å². The van der Waals surface area contributed by atoms with Crippen LogP contribution in [-0.4, -0.2) is 25.7 Å². The number of halogens is 1. The van der Waals surface area contributed by atoms with Gasteiger partial charge in [0.25, 0.3) is 5.91 Å². The van der Waals surface area contributed by atoms with E-state index in [-0.39, 0.29) is 18.3 Å². The second-order valence-corrected chi connectivity index (χ2v) is 7.74. The highest BCUT2D eigenvalue weighted by atomic mass is 35.5. The van der Waals surface area contributed by atoms with E-state index in [4.69, 9.17) is 0 Å². The molecule has 0 bridgehead atoms. The summed E-state index contributed by atoms with van der Waals surface area (Å²) in [6, 6.07) is 21.8. The number of aromatic nitrogens is 4. The van der Waals surface area contributed by atoms with Gasteiger partial charge in [-0.3, -0.25) is 9.78 Å². The molecule has 4 rings (SSSR count). The van der Waals surface area contributed by atoms with Crippen LogP contribution in [-0.2, 0) is 6.54 Å². The lowest BCUT2D eigenvalue weighted by atomic mass is 10.0. The Morgan fingerprint density at radius 1 is 1.03 bits per heavy atom. The molecule has 0 amide bonds. The summed E-state index contributed by atoms with van der Waals surface area (Å²) in [5.74, 6) is 1.03. The number of pyridine rings is 1. The highest BCUT2D eigenvalue weighted by Gasteiger charge is 2.16. The number of hydrogen-bond donors (Lipinski definition) is 1. The van der Waals surface area contributed by atoms with E-state index in [1.807, 2.05) is 42.5 Å². The van der Waals surface area contributed by atoms with Crippen LogP contribution in [0.25, 0.3) is 17.5 Å². The number of nitrogens with zero attached hydrogens (tertiary/aromatic N) is 4. The normalized spacial score (nSPS) is 10.9. The fourth-order valence-corrected chi connectivity index (χ4v) is 3.20. The van der Waals surface area contributed by atoms with Crippen LogP contribution in [0, 0.1) is 0 Å². The molecule has 0 saturated heterocycles. The lowest BCUT2D eigenvalue weighted by Gasteiger charge is -2.08.